The normalized spacial score (nSPS) is 10.3. The standard InChI is InChI=1S/C11H23NO2/c1-10(2)8-6-4-5-7-9-12-11(13)14-3/h10H,4-9H2,1-3H3,(H,12,13). The van der Waals surface area contributed by atoms with Crippen molar-refractivity contribution in [3.05, 3.63) is 0 Å². The smallest absolute Gasteiger partial charge is 0.406 e. The average molecular weight is 201 g/mol. The van der Waals surface area contributed by atoms with Gasteiger partial charge in [-0.05, 0) is 12.3 Å². The summed E-state index contributed by atoms with van der Waals surface area (Å²) in [6.07, 6.45) is 5.79. The van der Waals surface area contributed by atoms with Crippen molar-refractivity contribution in [2.45, 2.75) is 46.0 Å². The summed E-state index contributed by atoms with van der Waals surface area (Å²) >= 11 is 0. The van der Waals surface area contributed by atoms with Crippen molar-refractivity contribution in [1.29, 1.82) is 0 Å². The lowest BCUT2D eigenvalue weighted by molar-refractivity contribution is 0.171. The molecule has 14 heavy (non-hydrogen) atoms. The van der Waals surface area contributed by atoms with Crippen molar-refractivity contribution < 1.29 is 9.53 Å². The zero-order valence-corrected chi connectivity index (χ0v) is 9.64. The minimum atomic E-state index is -0.327. The Labute approximate surface area is 87.2 Å². The summed E-state index contributed by atoms with van der Waals surface area (Å²) in [6.45, 7) is 5.23. The third-order valence-electron chi connectivity index (χ3n) is 2.16. The summed E-state index contributed by atoms with van der Waals surface area (Å²) in [4.78, 5) is 10.7. The van der Waals surface area contributed by atoms with Gasteiger partial charge in [0.2, 0.25) is 0 Å². The Hall–Kier alpha value is -0.730. The maximum atomic E-state index is 10.7. The van der Waals surface area contributed by atoms with Crippen LogP contribution in [0.25, 0.3) is 0 Å². The van der Waals surface area contributed by atoms with Gasteiger partial charge in [0.15, 0.2) is 0 Å². The number of hydrogen-bond donors (Lipinski definition) is 1. The van der Waals surface area contributed by atoms with Gasteiger partial charge >= 0.3 is 6.09 Å². The number of rotatable bonds is 7. The van der Waals surface area contributed by atoms with Gasteiger partial charge in [0.25, 0.3) is 0 Å². The van der Waals surface area contributed by atoms with Crippen LogP contribution in [0, 0.1) is 5.92 Å². The fourth-order valence-corrected chi connectivity index (χ4v) is 1.29. The molecule has 0 unspecified atom stereocenters. The van der Waals surface area contributed by atoms with E-state index in [-0.39, 0.29) is 6.09 Å². The Morgan fingerprint density at radius 3 is 2.43 bits per heavy atom. The van der Waals surface area contributed by atoms with Gasteiger partial charge in [-0.1, -0.05) is 39.5 Å². The van der Waals surface area contributed by atoms with E-state index >= 15 is 0 Å². The molecule has 3 nitrogen and oxygen atoms in total. The molecule has 1 amide bonds. The summed E-state index contributed by atoms with van der Waals surface area (Å²) < 4.78 is 4.46. The lowest BCUT2D eigenvalue weighted by atomic mass is 10.0. The summed E-state index contributed by atoms with van der Waals surface area (Å²) in [6, 6.07) is 0. The molecule has 0 aliphatic rings. The van der Waals surface area contributed by atoms with Crippen molar-refractivity contribution in [3.8, 4) is 0 Å². The molecule has 0 rings (SSSR count). The number of ether oxygens (including phenoxy) is 1. The van der Waals surface area contributed by atoms with Crippen LogP contribution in [0.4, 0.5) is 4.79 Å². The highest BCUT2D eigenvalue weighted by Crippen LogP contribution is 2.08. The second-order valence-corrected chi connectivity index (χ2v) is 4.02. The molecule has 0 heterocycles. The lowest BCUT2D eigenvalue weighted by Gasteiger charge is -2.05. The number of unbranched alkanes of at least 4 members (excludes halogenated alkanes) is 3. The number of amides is 1. The van der Waals surface area contributed by atoms with Crippen LogP contribution in [0.5, 0.6) is 0 Å². The molecule has 84 valence electrons. The second-order valence-electron chi connectivity index (χ2n) is 4.02. The largest absolute Gasteiger partial charge is 0.453 e. The number of nitrogens with one attached hydrogen (secondary N) is 1. The maximum absolute atomic E-state index is 10.7. The zero-order chi connectivity index (χ0) is 10.8. The first kappa shape index (κ1) is 13.3. The van der Waals surface area contributed by atoms with Crippen LogP contribution in [-0.2, 0) is 4.74 Å². The van der Waals surface area contributed by atoms with Crippen molar-refractivity contribution >= 4 is 6.09 Å². The summed E-state index contributed by atoms with van der Waals surface area (Å²) in [5.41, 5.74) is 0. The topological polar surface area (TPSA) is 38.3 Å². The minimum absolute atomic E-state index is 0.327. The van der Waals surface area contributed by atoms with Crippen molar-refractivity contribution in [1.82, 2.24) is 5.32 Å². The molecule has 0 aliphatic heterocycles. The molecule has 3 heteroatoms. The van der Waals surface area contributed by atoms with Gasteiger partial charge in [-0.15, -0.1) is 0 Å². The molecule has 0 aliphatic carbocycles. The van der Waals surface area contributed by atoms with Crippen molar-refractivity contribution in [3.63, 3.8) is 0 Å². The summed E-state index contributed by atoms with van der Waals surface area (Å²) in [5.74, 6) is 0.809. The van der Waals surface area contributed by atoms with Crippen LogP contribution in [0.3, 0.4) is 0 Å². The second kappa shape index (κ2) is 8.85. The average Bonchev–Trinajstić information content (AvgIpc) is 2.15. The highest BCUT2D eigenvalue weighted by Gasteiger charge is 1.97. The molecule has 0 atom stereocenters. The predicted molar refractivity (Wildman–Crippen MR) is 58.3 cm³/mol. The van der Waals surface area contributed by atoms with Crippen LogP contribution >= 0.6 is 0 Å². The third-order valence-corrected chi connectivity index (χ3v) is 2.16. The van der Waals surface area contributed by atoms with Crippen LogP contribution < -0.4 is 5.32 Å². The van der Waals surface area contributed by atoms with E-state index in [0.29, 0.717) is 0 Å². The monoisotopic (exact) mass is 201 g/mol. The number of methoxy groups -OCH3 is 1. The quantitative estimate of drug-likeness (QED) is 0.643. The zero-order valence-electron chi connectivity index (χ0n) is 9.64. The van der Waals surface area contributed by atoms with Gasteiger partial charge in [-0.3, -0.25) is 0 Å². The molecule has 1 N–H and O–H groups in total. The Morgan fingerprint density at radius 1 is 1.21 bits per heavy atom. The van der Waals surface area contributed by atoms with Gasteiger partial charge in [0, 0.05) is 6.54 Å². The fourth-order valence-electron chi connectivity index (χ4n) is 1.29. The molecular formula is C11H23NO2. The van der Waals surface area contributed by atoms with Gasteiger partial charge in [0.1, 0.15) is 0 Å². The molecule has 0 saturated carbocycles. The SMILES string of the molecule is COC(=O)NCCCCCCC(C)C. The molecule has 0 saturated heterocycles. The van der Waals surface area contributed by atoms with Crippen molar-refractivity contribution in [2.24, 2.45) is 5.92 Å². The Kier molecular flexibility index (Phi) is 8.39. The van der Waals surface area contributed by atoms with E-state index in [0.717, 1.165) is 18.9 Å². The van der Waals surface area contributed by atoms with E-state index in [4.69, 9.17) is 0 Å². The van der Waals surface area contributed by atoms with E-state index in [2.05, 4.69) is 23.9 Å². The first-order chi connectivity index (χ1) is 6.66. The molecule has 0 aromatic rings. The Morgan fingerprint density at radius 2 is 1.86 bits per heavy atom. The highest BCUT2D eigenvalue weighted by molar-refractivity contribution is 5.66. The number of hydrogen-bond acceptors (Lipinski definition) is 2. The fraction of sp³-hybridized carbons (Fsp3) is 0.909. The van der Waals surface area contributed by atoms with Gasteiger partial charge in [-0.25, -0.2) is 4.79 Å². The molecule has 0 aromatic heterocycles. The van der Waals surface area contributed by atoms with Gasteiger partial charge in [-0.2, -0.15) is 0 Å². The predicted octanol–water partition coefficient (Wildman–Crippen LogP) is 2.95. The van der Waals surface area contributed by atoms with E-state index in [1.54, 1.807) is 0 Å². The molecule has 0 aromatic carbocycles. The first-order valence-electron chi connectivity index (χ1n) is 5.48. The Balaban J connectivity index is 3.03. The number of carbonyl (C=O) groups is 1. The Bertz CT molecular complexity index is 146. The third kappa shape index (κ3) is 9.36. The van der Waals surface area contributed by atoms with E-state index in [1.165, 1.54) is 32.8 Å². The van der Waals surface area contributed by atoms with E-state index < -0.39 is 0 Å². The van der Waals surface area contributed by atoms with Crippen molar-refractivity contribution in [2.75, 3.05) is 13.7 Å². The molecule has 0 spiro atoms. The van der Waals surface area contributed by atoms with E-state index in [9.17, 15) is 4.79 Å². The van der Waals surface area contributed by atoms with Crippen LogP contribution in [-0.4, -0.2) is 19.7 Å². The number of carbonyl (C=O) groups excluding carboxylic acids is 1. The molecule has 0 bridgehead atoms. The highest BCUT2D eigenvalue weighted by atomic mass is 16.5. The van der Waals surface area contributed by atoms with Gasteiger partial charge < -0.3 is 10.1 Å². The molecular weight excluding hydrogens is 178 g/mol. The van der Waals surface area contributed by atoms with E-state index in [1.807, 2.05) is 0 Å². The first-order valence-corrected chi connectivity index (χ1v) is 5.48. The van der Waals surface area contributed by atoms with Crippen LogP contribution in [0.15, 0.2) is 0 Å². The molecule has 0 radical (unpaired) electrons. The van der Waals surface area contributed by atoms with Gasteiger partial charge in [0.05, 0.1) is 7.11 Å². The minimum Gasteiger partial charge on any atom is -0.453 e. The summed E-state index contributed by atoms with van der Waals surface area (Å²) in [5, 5.41) is 2.67. The van der Waals surface area contributed by atoms with Crippen LogP contribution in [0.1, 0.15) is 46.0 Å². The number of alkyl carbamates (subject to hydrolysis) is 1. The maximum Gasteiger partial charge on any atom is 0.406 e. The lowest BCUT2D eigenvalue weighted by Crippen LogP contribution is -2.23. The summed E-state index contributed by atoms with van der Waals surface area (Å²) in [7, 11) is 1.39. The molecule has 0 fully saturated rings. The van der Waals surface area contributed by atoms with Crippen LogP contribution in [0.2, 0.25) is 0 Å².